The van der Waals surface area contributed by atoms with Gasteiger partial charge in [0.2, 0.25) is 5.91 Å². The van der Waals surface area contributed by atoms with E-state index in [1.54, 1.807) is 12.1 Å². The molecule has 0 aromatic heterocycles. The molecule has 2 aromatic rings. The van der Waals surface area contributed by atoms with Gasteiger partial charge in [-0.2, -0.15) is 0 Å². The number of hydrogen-bond acceptors (Lipinski definition) is 3. The van der Waals surface area contributed by atoms with Crippen LogP contribution < -0.4 is 4.74 Å². The molecule has 1 saturated heterocycles. The van der Waals surface area contributed by atoms with E-state index >= 15 is 0 Å². The lowest BCUT2D eigenvalue weighted by atomic mass is 10.1. The summed E-state index contributed by atoms with van der Waals surface area (Å²) in [7, 11) is 0. The Bertz CT molecular complexity index is 714. The van der Waals surface area contributed by atoms with E-state index in [4.69, 9.17) is 16.3 Å². The molecule has 3 rings (SSSR count). The molecule has 2 amide bonds. The molecule has 1 heterocycles. The summed E-state index contributed by atoms with van der Waals surface area (Å²) in [6.07, 6.45) is 1.17. The average molecular weight is 304 g/mol. The van der Waals surface area contributed by atoms with E-state index in [0.717, 1.165) is 17.2 Å². The zero-order valence-electron chi connectivity index (χ0n) is 11.3. The molecule has 0 saturated carbocycles. The van der Waals surface area contributed by atoms with Gasteiger partial charge in [0.1, 0.15) is 5.75 Å². The van der Waals surface area contributed by atoms with Gasteiger partial charge >= 0.3 is 0 Å². The van der Waals surface area contributed by atoms with Crippen LogP contribution in [0, 0.1) is 0 Å². The summed E-state index contributed by atoms with van der Waals surface area (Å²) in [5.74, 6) is 0.177. The maximum absolute atomic E-state index is 12.0. The third kappa shape index (κ3) is 2.72. The van der Waals surface area contributed by atoms with Crippen LogP contribution in [0.1, 0.15) is 12.8 Å². The molecule has 21 heavy (non-hydrogen) atoms. The highest BCUT2D eigenvalue weighted by Crippen LogP contribution is 2.31. The first-order valence-electron chi connectivity index (χ1n) is 6.80. The van der Waals surface area contributed by atoms with Crippen molar-refractivity contribution >= 4 is 34.2 Å². The number of amides is 2. The molecule has 2 aromatic carbocycles. The van der Waals surface area contributed by atoms with E-state index in [1.807, 2.05) is 24.3 Å². The number of carbonyl (C=O) groups excluding carboxylic acids is 2. The molecule has 108 valence electrons. The quantitative estimate of drug-likeness (QED) is 0.875. The van der Waals surface area contributed by atoms with E-state index in [2.05, 4.69) is 0 Å². The lowest BCUT2D eigenvalue weighted by molar-refractivity contribution is -0.143. The lowest BCUT2D eigenvalue weighted by Gasteiger charge is -2.15. The average Bonchev–Trinajstić information content (AvgIpc) is 2.93. The van der Waals surface area contributed by atoms with E-state index in [1.165, 1.54) is 4.90 Å². The second kappa shape index (κ2) is 5.74. The first-order chi connectivity index (χ1) is 10.2. The number of rotatable bonds is 3. The smallest absolute Gasteiger partial charge is 0.267 e. The first kappa shape index (κ1) is 13.9. The van der Waals surface area contributed by atoms with Crippen molar-refractivity contribution in [1.29, 1.82) is 0 Å². The summed E-state index contributed by atoms with van der Waals surface area (Å²) in [5, 5.41) is 2.37. The summed E-state index contributed by atoms with van der Waals surface area (Å²) in [6, 6.07) is 11.1. The minimum Gasteiger partial charge on any atom is -0.483 e. The second-order valence-electron chi connectivity index (χ2n) is 4.92. The number of nitrogens with zero attached hydrogens (tertiary/aromatic N) is 1. The van der Waals surface area contributed by atoms with Crippen molar-refractivity contribution in [1.82, 2.24) is 4.90 Å². The molecule has 0 radical (unpaired) electrons. The summed E-state index contributed by atoms with van der Waals surface area (Å²) < 4.78 is 5.59. The van der Waals surface area contributed by atoms with Crippen LogP contribution in [-0.4, -0.2) is 29.9 Å². The van der Waals surface area contributed by atoms with Crippen molar-refractivity contribution in [3.63, 3.8) is 0 Å². The summed E-state index contributed by atoms with van der Waals surface area (Å²) in [5.41, 5.74) is 0. The zero-order valence-corrected chi connectivity index (χ0v) is 12.1. The fraction of sp³-hybridized carbons (Fsp3) is 0.250. The van der Waals surface area contributed by atoms with Crippen molar-refractivity contribution in [3.05, 3.63) is 41.4 Å². The molecule has 1 aliphatic rings. The van der Waals surface area contributed by atoms with Crippen molar-refractivity contribution in [2.45, 2.75) is 12.8 Å². The molecule has 0 aliphatic carbocycles. The number of carbonyl (C=O) groups is 2. The van der Waals surface area contributed by atoms with Crippen LogP contribution in [-0.2, 0) is 9.59 Å². The van der Waals surface area contributed by atoms with Crippen molar-refractivity contribution in [2.75, 3.05) is 13.2 Å². The molecule has 1 aliphatic heterocycles. The Morgan fingerprint density at radius 1 is 1.19 bits per heavy atom. The maximum Gasteiger partial charge on any atom is 0.267 e. The van der Waals surface area contributed by atoms with Crippen LogP contribution in [0.25, 0.3) is 10.8 Å². The Balaban J connectivity index is 1.78. The first-order valence-corrected chi connectivity index (χ1v) is 7.18. The SMILES string of the molecule is O=C1CCCN1C(=O)COc1ccc(Cl)c2ccccc12. The Kier molecular flexibility index (Phi) is 3.80. The molecule has 0 N–H and O–H groups in total. The highest BCUT2D eigenvalue weighted by Gasteiger charge is 2.26. The van der Waals surface area contributed by atoms with E-state index in [9.17, 15) is 9.59 Å². The molecule has 4 nitrogen and oxygen atoms in total. The highest BCUT2D eigenvalue weighted by atomic mass is 35.5. The van der Waals surface area contributed by atoms with Gasteiger partial charge in [-0.3, -0.25) is 14.5 Å². The van der Waals surface area contributed by atoms with Gasteiger partial charge in [-0.15, -0.1) is 0 Å². The fourth-order valence-corrected chi connectivity index (χ4v) is 2.72. The summed E-state index contributed by atoms with van der Waals surface area (Å²) in [4.78, 5) is 24.8. The predicted octanol–water partition coefficient (Wildman–Crippen LogP) is 3.02. The normalized spacial score (nSPS) is 14.7. The molecule has 0 spiro atoms. The topological polar surface area (TPSA) is 46.6 Å². The lowest BCUT2D eigenvalue weighted by Crippen LogP contribution is -2.35. The van der Waals surface area contributed by atoms with Gasteiger partial charge in [-0.1, -0.05) is 35.9 Å². The molecule has 1 fully saturated rings. The molecular formula is C16H14ClNO3. The van der Waals surface area contributed by atoms with Crippen molar-refractivity contribution in [3.8, 4) is 5.75 Å². The Labute approximate surface area is 127 Å². The number of hydrogen-bond donors (Lipinski definition) is 0. The van der Waals surface area contributed by atoms with Gasteiger partial charge in [0, 0.05) is 28.8 Å². The molecule has 5 heteroatoms. The standard InChI is InChI=1S/C16H14ClNO3/c17-13-7-8-14(12-5-2-1-4-11(12)13)21-10-16(20)18-9-3-6-15(18)19/h1-2,4-5,7-8H,3,6,9-10H2. The van der Waals surface area contributed by atoms with Gasteiger partial charge in [-0.05, 0) is 18.6 Å². The van der Waals surface area contributed by atoms with Crippen LogP contribution in [0.5, 0.6) is 5.75 Å². The van der Waals surface area contributed by atoms with E-state index < -0.39 is 0 Å². The van der Waals surface area contributed by atoms with Crippen LogP contribution >= 0.6 is 11.6 Å². The fourth-order valence-electron chi connectivity index (χ4n) is 2.49. The zero-order chi connectivity index (χ0) is 14.8. The Hall–Kier alpha value is -2.07. The summed E-state index contributed by atoms with van der Waals surface area (Å²) in [6.45, 7) is 0.347. The molecule has 0 bridgehead atoms. The summed E-state index contributed by atoms with van der Waals surface area (Å²) >= 11 is 6.14. The number of imide groups is 1. The monoisotopic (exact) mass is 303 g/mol. The number of fused-ring (bicyclic) bond motifs is 1. The second-order valence-corrected chi connectivity index (χ2v) is 5.33. The highest BCUT2D eigenvalue weighted by molar-refractivity contribution is 6.35. The largest absolute Gasteiger partial charge is 0.483 e. The van der Waals surface area contributed by atoms with Crippen LogP contribution in [0.2, 0.25) is 5.02 Å². The van der Waals surface area contributed by atoms with Crippen LogP contribution in [0.3, 0.4) is 0 Å². The van der Waals surface area contributed by atoms with Gasteiger partial charge in [0.05, 0.1) is 0 Å². The van der Waals surface area contributed by atoms with Crippen LogP contribution in [0.4, 0.5) is 0 Å². The number of likely N-dealkylation sites (tertiary alicyclic amines) is 1. The van der Waals surface area contributed by atoms with Crippen LogP contribution in [0.15, 0.2) is 36.4 Å². The van der Waals surface area contributed by atoms with E-state index in [0.29, 0.717) is 23.7 Å². The van der Waals surface area contributed by atoms with E-state index in [-0.39, 0.29) is 18.4 Å². The molecule has 0 unspecified atom stereocenters. The third-order valence-corrected chi connectivity index (χ3v) is 3.89. The number of benzene rings is 2. The van der Waals surface area contributed by atoms with Gasteiger partial charge in [-0.25, -0.2) is 0 Å². The van der Waals surface area contributed by atoms with Crippen molar-refractivity contribution in [2.24, 2.45) is 0 Å². The molecule has 0 atom stereocenters. The minimum atomic E-state index is -0.295. The third-order valence-electron chi connectivity index (χ3n) is 3.56. The number of ether oxygens (including phenoxy) is 1. The van der Waals surface area contributed by atoms with Gasteiger partial charge < -0.3 is 4.74 Å². The predicted molar refractivity (Wildman–Crippen MR) is 80.4 cm³/mol. The molecular weight excluding hydrogens is 290 g/mol. The Morgan fingerprint density at radius 2 is 1.95 bits per heavy atom. The maximum atomic E-state index is 12.0. The Morgan fingerprint density at radius 3 is 2.67 bits per heavy atom. The van der Waals surface area contributed by atoms with Crippen molar-refractivity contribution < 1.29 is 14.3 Å². The van der Waals surface area contributed by atoms with Gasteiger partial charge in [0.15, 0.2) is 6.61 Å². The van der Waals surface area contributed by atoms with Gasteiger partial charge in [0.25, 0.3) is 5.91 Å². The minimum absolute atomic E-state index is 0.121. The number of halogens is 1.